The van der Waals surface area contributed by atoms with Gasteiger partial charge in [-0.1, -0.05) is 35.5 Å². The molecule has 0 aliphatic carbocycles. The molecule has 0 bridgehead atoms. The molecule has 3 nitrogen and oxygen atoms in total. The summed E-state index contributed by atoms with van der Waals surface area (Å²) >= 11 is 7.35. The first kappa shape index (κ1) is 6.45. The number of anilines is 2. The Labute approximate surface area is 183 Å². The number of halogens is 1. The molecule has 1 saturated heterocycles. The molecular weight excluding hydrogens is 350 g/mol. The van der Waals surface area contributed by atoms with E-state index in [0.29, 0.717) is 9.79 Å². The van der Waals surface area contributed by atoms with Crippen molar-refractivity contribution in [2.75, 3.05) is 50.9 Å². The van der Waals surface area contributed by atoms with Crippen LogP contribution in [0.2, 0.25) is 5.02 Å². The molecule has 2 heterocycles. The molecular formula is C20H24ClN3S. The second-order valence-corrected chi connectivity index (χ2v) is 6.50. The lowest BCUT2D eigenvalue weighted by atomic mass is 10.2. The van der Waals surface area contributed by atoms with E-state index in [-0.39, 0.29) is 16.4 Å². The first-order valence-corrected chi connectivity index (χ1v) is 8.37. The zero-order chi connectivity index (χ0) is 32.3. The second-order valence-electron chi connectivity index (χ2n) is 4.98. The van der Waals surface area contributed by atoms with Crippen LogP contribution in [0.1, 0.15) is 29.7 Å². The fourth-order valence-electron chi connectivity index (χ4n) is 2.30. The van der Waals surface area contributed by atoms with Crippen LogP contribution >= 0.6 is 23.4 Å². The Kier molecular flexibility index (Phi) is 1.96. The first-order chi connectivity index (χ1) is 18.7. The molecule has 4 rings (SSSR count). The van der Waals surface area contributed by atoms with Gasteiger partial charge in [0.2, 0.25) is 0 Å². The number of hydrogen-bond donors (Lipinski definition) is 0. The second kappa shape index (κ2) is 7.58. The maximum absolute atomic E-state index is 8.99. The smallest absolute Gasteiger partial charge is 0.0567 e. The van der Waals surface area contributed by atoms with Crippen molar-refractivity contribution in [1.82, 2.24) is 9.80 Å². The Morgan fingerprint density at radius 3 is 2.72 bits per heavy atom. The van der Waals surface area contributed by atoms with E-state index in [9.17, 15) is 0 Å². The van der Waals surface area contributed by atoms with Gasteiger partial charge in [0.05, 0.1) is 11.4 Å². The third-order valence-electron chi connectivity index (χ3n) is 3.37. The van der Waals surface area contributed by atoms with E-state index in [2.05, 4.69) is 0 Å². The number of hydrogen-bond acceptors (Lipinski definition) is 4. The van der Waals surface area contributed by atoms with Crippen molar-refractivity contribution in [2.45, 2.75) is 16.2 Å². The van der Waals surface area contributed by atoms with Crippen LogP contribution in [-0.4, -0.2) is 55.8 Å². The maximum Gasteiger partial charge on any atom is 0.0567 e. The van der Waals surface area contributed by atoms with Crippen LogP contribution < -0.4 is 4.90 Å². The summed E-state index contributed by atoms with van der Waals surface area (Å²) in [6.45, 7) is -27.6. The Morgan fingerprint density at radius 2 is 1.88 bits per heavy atom. The predicted octanol–water partition coefficient (Wildman–Crippen LogP) is 4.58. The number of likely N-dealkylation sites (N-methyl/N-ethyl adjacent to an activating group) is 1. The third kappa shape index (κ3) is 3.82. The monoisotopic (exact) mass is 390 g/mol. The lowest BCUT2D eigenvalue weighted by Gasteiger charge is -2.35. The number of para-hydroxylation sites is 1. The Bertz CT molecular complexity index is 1370. The lowest BCUT2D eigenvalue weighted by Crippen LogP contribution is -2.45. The first-order valence-electron chi connectivity index (χ1n) is 15.7. The molecule has 1 fully saturated rings. The minimum Gasteiger partial charge on any atom is -0.340 e. The highest BCUT2D eigenvalue weighted by Crippen LogP contribution is 2.48. The molecule has 2 aliphatic rings. The van der Waals surface area contributed by atoms with E-state index < -0.39 is 62.1 Å². The van der Waals surface area contributed by atoms with E-state index >= 15 is 0 Å². The van der Waals surface area contributed by atoms with Gasteiger partial charge in [0.1, 0.15) is 0 Å². The average Bonchev–Trinajstić information content (AvgIpc) is 2.79. The third-order valence-corrected chi connectivity index (χ3v) is 4.74. The van der Waals surface area contributed by atoms with Gasteiger partial charge in [-0.15, -0.1) is 0 Å². The summed E-state index contributed by atoms with van der Waals surface area (Å²) in [6, 6.07) is 10.5. The SMILES string of the molecule is [2H]C([2H])([2H])N1C([2H])([2H])C([2H])([2H])N(C([2H])([2H])C([2H])([2H])C([2H])([2H])N2c3ccccc3Sc3ccc(Cl)cc32)C([2H])([2H])C1([2H])[2H]. The predicted molar refractivity (Wildman–Crippen MR) is 108 cm³/mol. The molecule has 0 aromatic heterocycles. The van der Waals surface area contributed by atoms with E-state index in [1.807, 2.05) is 0 Å². The van der Waals surface area contributed by atoms with Crippen LogP contribution in [0.5, 0.6) is 0 Å². The van der Waals surface area contributed by atoms with E-state index in [0.717, 1.165) is 4.90 Å². The molecule has 2 aromatic rings. The zero-order valence-corrected chi connectivity index (χ0v) is 14.2. The average molecular weight is 391 g/mol. The largest absolute Gasteiger partial charge is 0.340 e. The molecule has 0 radical (unpaired) electrons. The minimum atomic E-state index is -4.19. The number of rotatable bonds is 4. The molecule has 0 N–H and O–H groups in total. The van der Waals surface area contributed by atoms with Crippen molar-refractivity contribution in [3.8, 4) is 0 Å². The van der Waals surface area contributed by atoms with Crippen LogP contribution in [0.25, 0.3) is 0 Å². The summed E-state index contributed by atoms with van der Waals surface area (Å²) in [5.74, 6) is 0. The van der Waals surface area contributed by atoms with Gasteiger partial charge in [-0.2, -0.15) is 0 Å². The van der Waals surface area contributed by atoms with Crippen LogP contribution in [0.15, 0.2) is 52.3 Å². The molecule has 2 aliphatic heterocycles. The summed E-state index contributed by atoms with van der Waals surface area (Å²) < 4.78 is 143. The van der Waals surface area contributed by atoms with Crippen molar-refractivity contribution in [2.24, 2.45) is 0 Å². The quantitative estimate of drug-likeness (QED) is 0.755. The highest BCUT2D eigenvalue weighted by atomic mass is 35.5. The van der Waals surface area contributed by atoms with E-state index in [1.165, 1.54) is 42.1 Å². The van der Waals surface area contributed by atoms with Gasteiger partial charge in [-0.3, -0.25) is 0 Å². The standard InChI is InChI=1S/C20H24ClN3S/c1-22-11-13-23(14-12-22)9-4-10-24-17-5-2-3-6-19(17)25-20-8-7-16(21)15-18(20)24/h2-3,5-8,15H,4,9-14H2,1H3/i1D3,4D2,9D2,10D2,11D2,12D2,13D2,14D2. The van der Waals surface area contributed by atoms with Gasteiger partial charge < -0.3 is 14.7 Å². The van der Waals surface area contributed by atoms with Crippen LogP contribution in [0, 0.1) is 0 Å². The maximum atomic E-state index is 8.99. The highest BCUT2D eigenvalue weighted by molar-refractivity contribution is 7.99. The van der Waals surface area contributed by atoms with Crippen LogP contribution in [-0.2, 0) is 0 Å². The van der Waals surface area contributed by atoms with Crippen molar-refractivity contribution >= 4 is 34.7 Å². The van der Waals surface area contributed by atoms with Gasteiger partial charge >= 0.3 is 0 Å². The minimum absolute atomic E-state index is 0.000207. The van der Waals surface area contributed by atoms with Crippen molar-refractivity contribution in [3.05, 3.63) is 47.5 Å². The zero-order valence-electron chi connectivity index (χ0n) is 29.7. The number of benzene rings is 2. The number of piperazine rings is 1. The Balaban J connectivity index is 1.96. The molecule has 2 aromatic carbocycles. The van der Waals surface area contributed by atoms with Crippen molar-refractivity contribution in [3.63, 3.8) is 0 Å². The Morgan fingerprint density at radius 1 is 1.08 bits per heavy atom. The molecule has 0 unspecified atom stereocenters. The topological polar surface area (TPSA) is 9.72 Å². The van der Waals surface area contributed by atoms with E-state index in [1.54, 1.807) is 12.1 Å². The van der Waals surface area contributed by atoms with Gasteiger partial charge in [0.15, 0.2) is 0 Å². The van der Waals surface area contributed by atoms with Gasteiger partial charge in [0, 0.05) is 70.6 Å². The molecule has 0 amide bonds. The molecule has 0 saturated carbocycles. The molecule has 0 spiro atoms. The summed E-state index contributed by atoms with van der Waals surface area (Å²) in [5, 5.41) is 0.118. The van der Waals surface area contributed by atoms with Crippen molar-refractivity contribution < 1.29 is 23.3 Å². The van der Waals surface area contributed by atoms with Gasteiger partial charge in [-0.25, -0.2) is 0 Å². The Hall–Kier alpha value is -1.20. The van der Waals surface area contributed by atoms with Crippen LogP contribution in [0.4, 0.5) is 11.4 Å². The fraction of sp³-hybridized carbons (Fsp3) is 0.400. The number of fused-ring (bicyclic) bond motifs is 2. The van der Waals surface area contributed by atoms with Crippen molar-refractivity contribution in [1.29, 1.82) is 0 Å². The summed E-state index contributed by atoms with van der Waals surface area (Å²) in [6.07, 6.45) is -4.00. The summed E-state index contributed by atoms with van der Waals surface area (Å²) in [7, 11) is 0. The molecule has 132 valence electrons. The highest BCUT2D eigenvalue weighted by Gasteiger charge is 2.23. The van der Waals surface area contributed by atoms with E-state index in [4.69, 9.17) is 34.9 Å². The normalized spacial score (nSPS) is 38.4. The van der Waals surface area contributed by atoms with Gasteiger partial charge in [0.25, 0.3) is 0 Å². The van der Waals surface area contributed by atoms with Gasteiger partial charge in [-0.05, 0) is 50.2 Å². The number of nitrogens with zero attached hydrogens (tertiary/aromatic N) is 3. The molecule has 0 atom stereocenters. The molecule has 25 heavy (non-hydrogen) atoms. The summed E-state index contributed by atoms with van der Waals surface area (Å²) in [4.78, 5) is 0.224. The lowest BCUT2D eigenvalue weighted by molar-refractivity contribution is 0.153. The summed E-state index contributed by atoms with van der Waals surface area (Å²) in [5.41, 5.74) is 0.0608. The van der Waals surface area contributed by atoms with Crippen LogP contribution in [0.3, 0.4) is 0 Å². The fourth-order valence-corrected chi connectivity index (χ4v) is 3.50. The molecule has 5 heteroatoms.